The number of ether oxygens (including phenoxy) is 2. The third-order valence-corrected chi connectivity index (χ3v) is 4.35. The van der Waals surface area contributed by atoms with E-state index >= 15 is 0 Å². The Labute approximate surface area is 161 Å². The quantitative estimate of drug-likeness (QED) is 0.465. The molecule has 0 aliphatic carbocycles. The van der Waals surface area contributed by atoms with E-state index in [1.165, 1.54) is 18.2 Å². The van der Waals surface area contributed by atoms with E-state index in [4.69, 9.17) is 9.47 Å². The van der Waals surface area contributed by atoms with Gasteiger partial charge < -0.3 is 30.3 Å². The molecule has 0 fully saturated rings. The van der Waals surface area contributed by atoms with Crippen LogP contribution in [0.5, 0.6) is 17.2 Å². The van der Waals surface area contributed by atoms with Gasteiger partial charge in [-0.2, -0.15) is 0 Å². The molecule has 2 amide bonds. The minimum absolute atomic E-state index is 0.0428. The number of phenolic OH excluding ortho intramolecular Hbond substituents is 2. The fourth-order valence-corrected chi connectivity index (χ4v) is 2.88. The summed E-state index contributed by atoms with van der Waals surface area (Å²) in [5.74, 6) is -0.569. The maximum atomic E-state index is 12.7. The van der Waals surface area contributed by atoms with E-state index in [0.717, 1.165) is 5.56 Å². The third kappa shape index (κ3) is 4.01. The van der Waals surface area contributed by atoms with Crippen LogP contribution in [0.4, 0.5) is 4.79 Å². The van der Waals surface area contributed by atoms with Crippen LogP contribution in [0.3, 0.4) is 0 Å². The number of urea groups is 1. The zero-order valence-electron chi connectivity index (χ0n) is 15.4. The van der Waals surface area contributed by atoms with E-state index in [0.29, 0.717) is 17.0 Å². The van der Waals surface area contributed by atoms with Crippen LogP contribution in [0.15, 0.2) is 53.7 Å². The topological polar surface area (TPSA) is 117 Å². The molecule has 2 aromatic carbocycles. The van der Waals surface area contributed by atoms with Crippen molar-refractivity contribution in [1.82, 2.24) is 10.6 Å². The van der Waals surface area contributed by atoms with Crippen molar-refractivity contribution in [2.75, 3.05) is 7.11 Å². The van der Waals surface area contributed by atoms with Crippen molar-refractivity contribution in [3.8, 4) is 17.2 Å². The lowest BCUT2D eigenvalue weighted by atomic mass is 9.95. The van der Waals surface area contributed by atoms with Crippen LogP contribution >= 0.6 is 0 Å². The maximum Gasteiger partial charge on any atom is 0.338 e. The summed E-state index contributed by atoms with van der Waals surface area (Å²) in [6, 6.07) is 9.86. The molecular formula is C20H20N2O6. The Morgan fingerprint density at radius 1 is 1.11 bits per heavy atom. The molecule has 146 valence electrons. The summed E-state index contributed by atoms with van der Waals surface area (Å²) in [7, 11) is 1.57. The molecule has 1 atom stereocenters. The monoisotopic (exact) mass is 384 g/mol. The molecule has 8 nitrogen and oxygen atoms in total. The standard InChI is InChI=1S/C20H20N2O6/c1-11-17(19(25)28-10-12-3-6-14(27-2)7-4-12)18(22-20(26)21-11)13-5-8-15(23)16(24)9-13/h3-9,18,23-24H,10H2,1-2H3,(H2,21,22,26). The number of allylic oxidation sites excluding steroid dienone is 1. The molecule has 8 heteroatoms. The van der Waals surface area contributed by atoms with Gasteiger partial charge in [0.2, 0.25) is 0 Å². The number of esters is 1. The van der Waals surface area contributed by atoms with Crippen LogP contribution in [0, 0.1) is 0 Å². The van der Waals surface area contributed by atoms with E-state index in [1.807, 2.05) is 0 Å². The van der Waals surface area contributed by atoms with Crippen LogP contribution in [-0.4, -0.2) is 29.3 Å². The van der Waals surface area contributed by atoms with E-state index in [2.05, 4.69) is 10.6 Å². The lowest BCUT2D eigenvalue weighted by molar-refractivity contribution is -0.140. The SMILES string of the molecule is COc1ccc(COC(=O)C2=C(C)NC(=O)NC2c2ccc(O)c(O)c2)cc1. The van der Waals surface area contributed by atoms with E-state index < -0.39 is 18.0 Å². The summed E-state index contributed by atoms with van der Waals surface area (Å²) in [6.07, 6.45) is 0. The first kappa shape index (κ1) is 19.1. The molecule has 0 radical (unpaired) electrons. The Hall–Kier alpha value is -3.68. The summed E-state index contributed by atoms with van der Waals surface area (Å²) in [4.78, 5) is 24.6. The molecule has 1 aliphatic rings. The predicted molar refractivity (Wildman–Crippen MR) is 99.7 cm³/mol. The first-order valence-electron chi connectivity index (χ1n) is 8.49. The van der Waals surface area contributed by atoms with Gasteiger partial charge in [-0.05, 0) is 42.3 Å². The van der Waals surface area contributed by atoms with Gasteiger partial charge in [0, 0.05) is 5.70 Å². The van der Waals surface area contributed by atoms with Crippen LogP contribution in [-0.2, 0) is 16.1 Å². The van der Waals surface area contributed by atoms with E-state index in [9.17, 15) is 19.8 Å². The lowest BCUT2D eigenvalue weighted by Crippen LogP contribution is -2.45. The molecule has 1 aliphatic heterocycles. The smallest absolute Gasteiger partial charge is 0.338 e. The number of carbonyl (C=O) groups excluding carboxylic acids is 2. The highest BCUT2D eigenvalue weighted by Gasteiger charge is 2.32. The molecule has 0 saturated carbocycles. The van der Waals surface area contributed by atoms with Gasteiger partial charge in [-0.15, -0.1) is 0 Å². The number of amides is 2. The van der Waals surface area contributed by atoms with Gasteiger partial charge in [0.25, 0.3) is 0 Å². The molecule has 1 heterocycles. The Bertz CT molecular complexity index is 936. The van der Waals surface area contributed by atoms with Crippen LogP contribution in [0.25, 0.3) is 0 Å². The van der Waals surface area contributed by atoms with Gasteiger partial charge in [-0.3, -0.25) is 0 Å². The van der Waals surface area contributed by atoms with Crippen molar-refractivity contribution >= 4 is 12.0 Å². The molecule has 2 aromatic rings. The van der Waals surface area contributed by atoms with Crippen molar-refractivity contribution < 1.29 is 29.3 Å². The molecule has 4 N–H and O–H groups in total. The molecule has 0 saturated heterocycles. The van der Waals surface area contributed by atoms with E-state index in [1.54, 1.807) is 38.3 Å². The number of hydrogen-bond donors (Lipinski definition) is 4. The van der Waals surface area contributed by atoms with Gasteiger partial charge in [-0.1, -0.05) is 18.2 Å². The van der Waals surface area contributed by atoms with Gasteiger partial charge >= 0.3 is 12.0 Å². The van der Waals surface area contributed by atoms with Crippen molar-refractivity contribution in [3.63, 3.8) is 0 Å². The number of aromatic hydroxyl groups is 2. The number of rotatable bonds is 5. The second-order valence-electron chi connectivity index (χ2n) is 6.24. The van der Waals surface area contributed by atoms with Crippen molar-refractivity contribution in [2.24, 2.45) is 0 Å². The molecule has 28 heavy (non-hydrogen) atoms. The number of hydrogen-bond acceptors (Lipinski definition) is 6. The number of carbonyl (C=O) groups is 2. The summed E-state index contributed by atoms with van der Waals surface area (Å²) in [6.45, 7) is 1.64. The third-order valence-electron chi connectivity index (χ3n) is 4.35. The zero-order chi connectivity index (χ0) is 20.3. The first-order valence-corrected chi connectivity index (χ1v) is 8.49. The van der Waals surface area contributed by atoms with Gasteiger partial charge in [0.15, 0.2) is 11.5 Å². The van der Waals surface area contributed by atoms with Crippen LogP contribution < -0.4 is 15.4 Å². The molecule has 1 unspecified atom stereocenters. The Balaban J connectivity index is 1.82. The summed E-state index contributed by atoms with van der Waals surface area (Å²) in [5, 5.41) is 24.5. The summed E-state index contributed by atoms with van der Waals surface area (Å²) >= 11 is 0. The van der Waals surface area contributed by atoms with Crippen molar-refractivity contribution in [2.45, 2.75) is 19.6 Å². The fourth-order valence-electron chi connectivity index (χ4n) is 2.88. The maximum absolute atomic E-state index is 12.7. The molecule has 0 spiro atoms. The highest BCUT2D eigenvalue weighted by atomic mass is 16.5. The predicted octanol–water partition coefficient (Wildman–Crippen LogP) is 2.48. The lowest BCUT2D eigenvalue weighted by Gasteiger charge is -2.28. The highest BCUT2D eigenvalue weighted by Crippen LogP contribution is 2.33. The van der Waals surface area contributed by atoms with Crippen LogP contribution in [0.2, 0.25) is 0 Å². The Morgan fingerprint density at radius 3 is 2.46 bits per heavy atom. The van der Waals surface area contributed by atoms with Crippen molar-refractivity contribution in [3.05, 3.63) is 64.9 Å². The largest absolute Gasteiger partial charge is 0.504 e. The number of methoxy groups -OCH3 is 1. The number of phenols is 2. The zero-order valence-corrected chi connectivity index (χ0v) is 15.4. The van der Waals surface area contributed by atoms with E-state index in [-0.39, 0.29) is 23.7 Å². The van der Waals surface area contributed by atoms with Gasteiger partial charge in [-0.25, -0.2) is 9.59 Å². The average Bonchev–Trinajstić information content (AvgIpc) is 2.68. The second kappa shape index (κ2) is 7.91. The fraction of sp³-hybridized carbons (Fsp3) is 0.200. The highest BCUT2D eigenvalue weighted by molar-refractivity contribution is 5.95. The Kier molecular flexibility index (Phi) is 5.39. The molecule has 0 aromatic heterocycles. The second-order valence-corrected chi connectivity index (χ2v) is 6.24. The number of benzene rings is 2. The minimum Gasteiger partial charge on any atom is -0.504 e. The number of nitrogens with one attached hydrogen (secondary N) is 2. The van der Waals surface area contributed by atoms with Gasteiger partial charge in [0.1, 0.15) is 12.4 Å². The van der Waals surface area contributed by atoms with Gasteiger partial charge in [0.05, 0.1) is 18.7 Å². The summed E-state index contributed by atoms with van der Waals surface area (Å²) < 4.78 is 10.5. The first-order chi connectivity index (χ1) is 13.4. The molecule has 3 rings (SSSR count). The Morgan fingerprint density at radius 2 is 1.82 bits per heavy atom. The minimum atomic E-state index is -0.830. The molecular weight excluding hydrogens is 364 g/mol. The molecule has 0 bridgehead atoms. The average molecular weight is 384 g/mol. The normalized spacial score (nSPS) is 16.2. The summed E-state index contributed by atoms with van der Waals surface area (Å²) in [5.41, 5.74) is 1.76. The van der Waals surface area contributed by atoms with Crippen LogP contribution in [0.1, 0.15) is 24.1 Å². The van der Waals surface area contributed by atoms with Crippen molar-refractivity contribution in [1.29, 1.82) is 0 Å².